The third-order valence-corrected chi connectivity index (χ3v) is 4.04. The highest BCUT2D eigenvalue weighted by atomic mass is 35.5. The highest BCUT2D eigenvalue weighted by molar-refractivity contribution is 6.30. The Hall–Kier alpha value is -1.40. The average Bonchev–Trinajstić information content (AvgIpc) is 2.49. The molecule has 1 N–H and O–H groups in total. The Balaban J connectivity index is 2.12. The topological polar surface area (TPSA) is 69.6 Å². The van der Waals surface area contributed by atoms with Gasteiger partial charge in [-0.25, -0.2) is 9.97 Å². The molecule has 1 aliphatic heterocycles. The largest absolute Gasteiger partial charge is 0.384 e. The van der Waals surface area contributed by atoms with Gasteiger partial charge in [0.2, 0.25) is 0 Å². The van der Waals surface area contributed by atoms with E-state index >= 15 is 0 Å². The van der Waals surface area contributed by atoms with Crippen LogP contribution in [-0.4, -0.2) is 58.2 Å². The fraction of sp³-hybridized carbons (Fsp3) is 0.643. The molecular formula is C14H21ClN4O2. The highest BCUT2D eigenvalue weighted by Crippen LogP contribution is 2.24. The molecule has 116 valence electrons. The van der Waals surface area contributed by atoms with Gasteiger partial charge in [0.15, 0.2) is 0 Å². The van der Waals surface area contributed by atoms with E-state index in [1.807, 2.05) is 13.8 Å². The predicted molar refractivity (Wildman–Crippen MR) is 81.6 cm³/mol. The minimum atomic E-state index is -0.946. The molecule has 2 heterocycles. The van der Waals surface area contributed by atoms with Gasteiger partial charge in [0, 0.05) is 38.2 Å². The van der Waals surface area contributed by atoms with Crippen molar-refractivity contribution in [2.24, 2.45) is 0 Å². The van der Waals surface area contributed by atoms with Crippen LogP contribution in [0.1, 0.15) is 25.2 Å². The third kappa shape index (κ3) is 3.44. The van der Waals surface area contributed by atoms with Gasteiger partial charge in [-0.1, -0.05) is 18.5 Å². The molecule has 1 atom stereocenters. The molecule has 1 aliphatic rings. The molecule has 1 amide bonds. The number of aliphatic hydroxyl groups is 1. The Labute approximate surface area is 129 Å². The molecule has 0 saturated carbocycles. The first kappa shape index (κ1) is 16.0. The summed E-state index contributed by atoms with van der Waals surface area (Å²) in [7, 11) is 0. The van der Waals surface area contributed by atoms with Crippen molar-refractivity contribution in [1.29, 1.82) is 0 Å². The van der Waals surface area contributed by atoms with Crippen LogP contribution in [0, 0.1) is 6.92 Å². The maximum atomic E-state index is 11.8. The molecule has 1 aromatic rings. The number of rotatable bonds is 3. The van der Waals surface area contributed by atoms with Crippen LogP contribution in [0.2, 0.25) is 5.15 Å². The number of hydrogen-bond donors (Lipinski definition) is 1. The number of amides is 1. The molecule has 0 aliphatic carbocycles. The van der Waals surface area contributed by atoms with E-state index in [0.29, 0.717) is 31.3 Å². The van der Waals surface area contributed by atoms with E-state index in [1.54, 1.807) is 4.90 Å². The lowest BCUT2D eigenvalue weighted by Gasteiger charge is -2.36. The monoisotopic (exact) mass is 312 g/mol. The summed E-state index contributed by atoms with van der Waals surface area (Å²) in [5, 5.41) is 9.85. The lowest BCUT2D eigenvalue weighted by atomic mass is 10.2. The number of carbonyl (C=O) groups is 1. The minimum absolute atomic E-state index is 0.221. The van der Waals surface area contributed by atoms with Gasteiger partial charge in [-0.2, -0.15) is 0 Å². The molecule has 1 aromatic heterocycles. The number of aryl methyl sites for hydroxylation is 1. The first-order valence-electron chi connectivity index (χ1n) is 7.18. The van der Waals surface area contributed by atoms with Crippen molar-refractivity contribution in [1.82, 2.24) is 14.9 Å². The van der Waals surface area contributed by atoms with Crippen molar-refractivity contribution in [2.45, 2.75) is 33.3 Å². The molecule has 21 heavy (non-hydrogen) atoms. The molecule has 2 rings (SSSR count). The number of anilines is 1. The number of hydrogen-bond acceptors (Lipinski definition) is 5. The summed E-state index contributed by atoms with van der Waals surface area (Å²) < 4.78 is 0. The van der Waals surface area contributed by atoms with Crippen molar-refractivity contribution < 1.29 is 9.90 Å². The third-order valence-electron chi connectivity index (χ3n) is 3.67. The standard InChI is InChI=1S/C14H21ClN4O2/c1-4-11-16-12(15)9(2)13(17-11)18-5-7-19(8-6-18)14(21)10(3)20/h10,20H,4-8H2,1-3H3. The van der Waals surface area contributed by atoms with Crippen LogP contribution in [0.3, 0.4) is 0 Å². The van der Waals surface area contributed by atoms with E-state index < -0.39 is 6.10 Å². The van der Waals surface area contributed by atoms with Crippen molar-refractivity contribution in [3.05, 3.63) is 16.5 Å². The number of nitrogens with zero attached hydrogens (tertiary/aromatic N) is 4. The summed E-state index contributed by atoms with van der Waals surface area (Å²) in [6, 6.07) is 0. The second-order valence-corrected chi connectivity index (χ2v) is 5.58. The molecular weight excluding hydrogens is 292 g/mol. The maximum Gasteiger partial charge on any atom is 0.251 e. The van der Waals surface area contributed by atoms with Crippen LogP contribution in [0.5, 0.6) is 0 Å². The molecule has 1 fully saturated rings. The summed E-state index contributed by atoms with van der Waals surface area (Å²) in [6.45, 7) is 7.90. The fourth-order valence-corrected chi connectivity index (χ4v) is 2.57. The van der Waals surface area contributed by atoms with Gasteiger partial charge in [-0.05, 0) is 13.8 Å². The summed E-state index contributed by atoms with van der Waals surface area (Å²) in [6.07, 6.45) is -0.216. The number of carbonyl (C=O) groups excluding carboxylic acids is 1. The summed E-state index contributed by atoms with van der Waals surface area (Å²) in [4.78, 5) is 24.4. The molecule has 0 aromatic carbocycles. The van der Waals surface area contributed by atoms with Crippen molar-refractivity contribution in [2.75, 3.05) is 31.1 Å². The summed E-state index contributed by atoms with van der Waals surface area (Å²) in [5.74, 6) is 1.35. The first-order valence-corrected chi connectivity index (χ1v) is 7.56. The number of aromatic nitrogens is 2. The summed E-state index contributed by atoms with van der Waals surface area (Å²) in [5.41, 5.74) is 0.865. The van der Waals surface area contributed by atoms with Gasteiger partial charge in [0.05, 0.1) is 0 Å². The zero-order chi connectivity index (χ0) is 15.6. The van der Waals surface area contributed by atoms with E-state index in [9.17, 15) is 9.90 Å². The van der Waals surface area contributed by atoms with Crippen LogP contribution >= 0.6 is 11.6 Å². The van der Waals surface area contributed by atoms with E-state index in [0.717, 1.165) is 23.6 Å². The molecule has 6 nitrogen and oxygen atoms in total. The Morgan fingerprint density at radius 1 is 1.33 bits per heavy atom. The van der Waals surface area contributed by atoms with Gasteiger partial charge in [-0.3, -0.25) is 4.79 Å². The number of halogens is 1. The summed E-state index contributed by atoms with van der Waals surface area (Å²) >= 11 is 6.16. The van der Waals surface area contributed by atoms with Crippen molar-refractivity contribution in [3.63, 3.8) is 0 Å². The van der Waals surface area contributed by atoms with Crippen LogP contribution in [-0.2, 0) is 11.2 Å². The van der Waals surface area contributed by atoms with Gasteiger partial charge in [0.25, 0.3) is 5.91 Å². The normalized spacial score (nSPS) is 17.0. The number of piperazine rings is 1. The zero-order valence-electron chi connectivity index (χ0n) is 12.6. The minimum Gasteiger partial charge on any atom is -0.384 e. The highest BCUT2D eigenvalue weighted by Gasteiger charge is 2.25. The van der Waals surface area contributed by atoms with E-state index in [4.69, 9.17) is 11.6 Å². The Bertz CT molecular complexity index is 528. The molecule has 7 heteroatoms. The Morgan fingerprint density at radius 2 is 1.95 bits per heavy atom. The molecule has 0 radical (unpaired) electrons. The fourth-order valence-electron chi connectivity index (χ4n) is 2.39. The van der Waals surface area contributed by atoms with E-state index in [2.05, 4.69) is 14.9 Å². The average molecular weight is 313 g/mol. The van der Waals surface area contributed by atoms with Gasteiger partial charge < -0.3 is 14.9 Å². The van der Waals surface area contributed by atoms with E-state index in [-0.39, 0.29) is 5.91 Å². The van der Waals surface area contributed by atoms with Crippen LogP contribution in [0.25, 0.3) is 0 Å². The Morgan fingerprint density at radius 3 is 2.48 bits per heavy atom. The van der Waals surface area contributed by atoms with Crippen molar-refractivity contribution in [3.8, 4) is 0 Å². The lowest BCUT2D eigenvalue weighted by Crippen LogP contribution is -2.51. The van der Waals surface area contributed by atoms with Gasteiger partial charge in [-0.15, -0.1) is 0 Å². The molecule has 0 bridgehead atoms. The SMILES string of the molecule is CCc1nc(Cl)c(C)c(N2CCN(C(=O)C(C)O)CC2)n1. The predicted octanol–water partition coefficient (Wildman–Crippen LogP) is 1.03. The van der Waals surface area contributed by atoms with Crippen LogP contribution < -0.4 is 4.90 Å². The first-order chi connectivity index (χ1) is 9.93. The Kier molecular flexibility index (Phi) is 5.00. The molecule has 0 spiro atoms. The lowest BCUT2D eigenvalue weighted by molar-refractivity contribution is -0.139. The van der Waals surface area contributed by atoms with Gasteiger partial charge in [0.1, 0.15) is 22.9 Å². The smallest absolute Gasteiger partial charge is 0.251 e. The van der Waals surface area contributed by atoms with Gasteiger partial charge >= 0.3 is 0 Å². The number of aliphatic hydroxyl groups excluding tert-OH is 1. The quantitative estimate of drug-likeness (QED) is 0.844. The zero-order valence-corrected chi connectivity index (χ0v) is 13.4. The molecule has 1 saturated heterocycles. The van der Waals surface area contributed by atoms with Crippen molar-refractivity contribution >= 4 is 23.3 Å². The molecule has 1 unspecified atom stereocenters. The second kappa shape index (κ2) is 6.58. The second-order valence-electron chi connectivity index (χ2n) is 5.22. The van der Waals surface area contributed by atoms with Crippen LogP contribution in [0.15, 0.2) is 0 Å². The van der Waals surface area contributed by atoms with Crippen LogP contribution in [0.4, 0.5) is 5.82 Å². The maximum absolute atomic E-state index is 11.8. The van der Waals surface area contributed by atoms with E-state index in [1.165, 1.54) is 6.92 Å².